The van der Waals surface area contributed by atoms with Crippen molar-refractivity contribution in [1.29, 1.82) is 0 Å². The van der Waals surface area contributed by atoms with Gasteiger partial charge < -0.3 is 5.32 Å². The van der Waals surface area contributed by atoms with Crippen molar-refractivity contribution in [3.8, 4) is 0 Å². The summed E-state index contributed by atoms with van der Waals surface area (Å²) in [5.74, 6) is 0.418. The molecule has 116 valence electrons. The zero-order chi connectivity index (χ0) is 15.1. The minimum Gasteiger partial charge on any atom is -0.316 e. The summed E-state index contributed by atoms with van der Waals surface area (Å²) >= 11 is 0. The van der Waals surface area contributed by atoms with Crippen LogP contribution in [0.5, 0.6) is 0 Å². The summed E-state index contributed by atoms with van der Waals surface area (Å²) in [7, 11) is -3.34. The van der Waals surface area contributed by atoms with Crippen LogP contribution in [0, 0.1) is 5.41 Å². The minimum atomic E-state index is -3.34. The van der Waals surface area contributed by atoms with Gasteiger partial charge in [-0.2, -0.15) is 4.31 Å². The fraction of sp³-hybridized carbons (Fsp3) is 0.625. The predicted molar refractivity (Wildman–Crippen MR) is 83.8 cm³/mol. The summed E-state index contributed by atoms with van der Waals surface area (Å²) in [5, 5.41) is 3.37. The zero-order valence-corrected chi connectivity index (χ0v) is 13.6. The highest BCUT2D eigenvalue weighted by atomic mass is 32.2. The largest absolute Gasteiger partial charge is 0.316 e. The lowest BCUT2D eigenvalue weighted by Crippen LogP contribution is -2.33. The molecule has 0 aromatic heterocycles. The second-order valence-corrected chi connectivity index (χ2v) is 8.68. The molecule has 2 fully saturated rings. The van der Waals surface area contributed by atoms with E-state index in [1.807, 2.05) is 12.1 Å². The number of rotatable bonds is 3. The van der Waals surface area contributed by atoms with Crippen molar-refractivity contribution in [2.75, 3.05) is 26.2 Å². The maximum Gasteiger partial charge on any atom is 0.243 e. The van der Waals surface area contributed by atoms with Crippen molar-refractivity contribution in [2.24, 2.45) is 5.41 Å². The van der Waals surface area contributed by atoms with Crippen LogP contribution in [0.15, 0.2) is 29.2 Å². The molecule has 1 atom stereocenters. The Bertz CT molecular complexity index is 602. The molecular weight excluding hydrogens is 284 g/mol. The van der Waals surface area contributed by atoms with Crippen molar-refractivity contribution in [3.05, 3.63) is 29.8 Å². The standard InChI is InChI=1S/C16H24N2O2S/c1-13(2)14-3-5-15(6-4-14)21(19,20)18-10-8-16(12-18)7-9-17-11-16/h3-6,13,17H,7-12H2,1-2H3. The Kier molecular flexibility index (Phi) is 3.84. The number of nitrogens with one attached hydrogen (secondary N) is 1. The van der Waals surface area contributed by atoms with Crippen LogP contribution in [0.1, 0.15) is 38.2 Å². The number of sulfonamides is 1. The molecule has 21 heavy (non-hydrogen) atoms. The predicted octanol–water partition coefficient (Wildman–Crippen LogP) is 2.18. The third-order valence-corrected chi connectivity index (χ3v) is 6.78. The van der Waals surface area contributed by atoms with Crippen LogP contribution in [0.25, 0.3) is 0 Å². The molecule has 0 aliphatic carbocycles. The molecule has 1 N–H and O–H groups in total. The summed E-state index contributed by atoms with van der Waals surface area (Å²) in [6.45, 7) is 7.49. The molecule has 2 aliphatic heterocycles. The highest BCUT2D eigenvalue weighted by molar-refractivity contribution is 7.89. The topological polar surface area (TPSA) is 49.4 Å². The van der Waals surface area contributed by atoms with Crippen molar-refractivity contribution in [1.82, 2.24) is 9.62 Å². The molecule has 0 radical (unpaired) electrons. The highest BCUT2D eigenvalue weighted by Crippen LogP contribution is 2.38. The van der Waals surface area contributed by atoms with Gasteiger partial charge in [0.25, 0.3) is 0 Å². The van der Waals surface area contributed by atoms with Gasteiger partial charge in [0.1, 0.15) is 0 Å². The smallest absolute Gasteiger partial charge is 0.243 e. The van der Waals surface area contributed by atoms with E-state index < -0.39 is 10.0 Å². The van der Waals surface area contributed by atoms with Gasteiger partial charge in [0.05, 0.1) is 4.90 Å². The molecular formula is C16H24N2O2S. The van der Waals surface area contributed by atoms with Gasteiger partial charge in [-0.25, -0.2) is 8.42 Å². The lowest BCUT2D eigenvalue weighted by atomic mass is 9.87. The molecule has 1 spiro atoms. The van der Waals surface area contributed by atoms with Crippen molar-refractivity contribution in [3.63, 3.8) is 0 Å². The Labute approximate surface area is 127 Å². The zero-order valence-electron chi connectivity index (χ0n) is 12.8. The van der Waals surface area contributed by atoms with Gasteiger partial charge in [-0.05, 0) is 48.4 Å². The second-order valence-electron chi connectivity index (χ2n) is 6.74. The minimum absolute atomic E-state index is 0.172. The monoisotopic (exact) mass is 308 g/mol. The number of benzene rings is 1. The van der Waals surface area contributed by atoms with E-state index in [9.17, 15) is 8.42 Å². The summed E-state index contributed by atoms with van der Waals surface area (Å²) in [6, 6.07) is 7.37. The number of hydrogen-bond acceptors (Lipinski definition) is 3. The van der Waals surface area contributed by atoms with Gasteiger partial charge in [0, 0.05) is 19.6 Å². The average molecular weight is 308 g/mol. The SMILES string of the molecule is CC(C)c1ccc(S(=O)(=O)N2CCC3(CCNC3)C2)cc1. The van der Waals surface area contributed by atoms with E-state index in [4.69, 9.17) is 0 Å². The van der Waals surface area contributed by atoms with Crippen molar-refractivity contribution < 1.29 is 8.42 Å². The lowest BCUT2D eigenvalue weighted by Gasteiger charge is -2.22. The molecule has 4 nitrogen and oxygen atoms in total. The van der Waals surface area contributed by atoms with Crippen LogP contribution in [-0.4, -0.2) is 38.9 Å². The lowest BCUT2D eigenvalue weighted by molar-refractivity contribution is 0.338. The fourth-order valence-electron chi connectivity index (χ4n) is 3.42. The summed E-state index contributed by atoms with van der Waals surface area (Å²) < 4.78 is 27.2. The Balaban J connectivity index is 1.80. The molecule has 5 heteroatoms. The second kappa shape index (κ2) is 5.38. The first-order valence-electron chi connectivity index (χ1n) is 7.74. The van der Waals surface area contributed by atoms with Crippen LogP contribution in [0.4, 0.5) is 0 Å². The summed E-state index contributed by atoms with van der Waals surface area (Å²) in [6.07, 6.45) is 2.06. The molecule has 2 heterocycles. The fourth-order valence-corrected chi connectivity index (χ4v) is 4.97. The van der Waals surface area contributed by atoms with E-state index in [-0.39, 0.29) is 5.41 Å². The molecule has 0 bridgehead atoms. The molecule has 0 saturated carbocycles. The normalized spacial score (nSPS) is 27.0. The van der Waals surface area contributed by atoms with Crippen LogP contribution >= 0.6 is 0 Å². The highest BCUT2D eigenvalue weighted by Gasteiger charge is 2.44. The Morgan fingerprint density at radius 2 is 1.90 bits per heavy atom. The average Bonchev–Trinajstić information content (AvgIpc) is 3.10. The Morgan fingerprint density at radius 3 is 2.48 bits per heavy atom. The number of nitrogens with zero attached hydrogens (tertiary/aromatic N) is 1. The van der Waals surface area contributed by atoms with Gasteiger partial charge in [-0.15, -0.1) is 0 Å². The van der Waals surface area contributed by atoms with E-state index in [0.717, 1.165) is 25.9 Å². The first-order valence-corrected chi connectivity index (χ1v) is 9.18. The van der Waals surface area contributed by atoms with Gasteiger partial charge in [0.15, 0.2) is 0 Å². The van der Waals surface area contributed by atoms with Gasteiger partial charge >= 0.3 is 0 Å². The van der Waals surface area contributed by atoms with Crippen molar-refractivity contribution >= 4 is 10.0 Å². The van der Waals surface area contributed by atoms with E-state index in [1.54, 1.807) is 16.4 Å². The summed E-state index contributed by atoms with van der Waals surface area (Å²) in [5.41, 5.74) is 1.34. The van der Waals surface area contributed by atoms with Gasteiger partial charge in [0.2, 0.25) is 10.0 Å². The first-order chi connectivity index (χ1) is 9.93. The van der Waals surface area contributed by atoms with E-state index in [1.165, 1.54) is 5.56 Å². The van der Waals surface area contributed by atoms with E-state index in [2.05, 4.69) is 19.2 Å². The Morgan fingerprint density at radius 1 is 1.19 bits per heavy atom. The molecule has 1 unspecified atom stereocenters. The summed E-state index contributed by atoms with van der Waals surface area (Å²) in [4.78, 5) is 0.426. The van der Waals surface area contributed by atoms with Gasteiger partial charge in [-0.1, -0.05) is 26.0 Å². The van der Waals surface area contributed by atoms with E-state index >= 15 is 0 Å². The van der Waals surface area contributed by atoms with Crippen LogP contribution in [-0.2, 0) is 10.0 Å². The third kappa shape index (κ3) is 2.74. The molecule has 2 aliphatic rings. The van der Waals surface area contributed by atoms with Crippen molar-refractivity contribution in [2.45, 2.75) is 37.5 Å². The molecule has 2 saturated heterocycles. The maximum absolute atomic E-state index is 12.8. The molecule has 1 aromatic carbocycles. The maximum atomic E-state index is 12.8. The first kappa shape index (κ1) is 15.0. The Hall–Kier alpha value is -0.910. The third-order valence-electron chi connectivity index (χ3n) is 4.92. The van der Waals surface area contributed by atoms with Gasteiger partial charge in [-0.3, -0.25) is 0 Å². The van der Waals surface area contributed by atoms with E-state index in [0.29, 0.717) is 23.9 Å². The quantitative estimate of drug-likeness (QED) is 0.931. The molecule has 3 rings (SSSR count). The van der Waals surface area contributed by atoms with Crippen LogP contribution in [0.3, 0.4) is 0 Å². The molecule has 0 amide bonds. The van der Waals surface area contributed by atoms with Crippen LogP contribution < -0.4 is 5.32 Å². The molecule has 1 aromatic rings. The van der Waals surface area contributed by atoms with Crippen LogP contribution in [0.2, 0.25) is 0 Å². The number of hydrogen-bond donors (Lipinski definition) is 1.